The number of rotatable bonds is 7. The van der Waals surface area contributed by atoms with Crippen molar-refractivity contribution in [2.75, 3.05) is 24.5 Å². The van der Waals surface area contributed by atoms with Crippen LogP contribution in [0.4, 0.5) is 5.69 Å². The molecule has 1 aliphatic heterocycles. The first-order chi connectivity index (χ1) is 10.2. The van der Waals surface area contributed by atoms with Crippen LogP contribution >= 0.6 is 0 Å². The van der Waals surface area contributed by atoms with Gasteiger partial charge in [-0.2, -0.15) is 0 Å². The fraction of sp³-hybridized carbons (Fsp3) is 0.684. The van der Waals surface area contributed by atoms with Crippen LogP contribution in [0, 0.1) is 11.8 Å². The summed E-state index contributed by atoms with van der Waals surface area (Å²) >= 11 is 0. The van der Waals surface area contributed by atoms with Gasteiger partial charge in [-0.1, -0.05) is 39.8 Å². The molecule has 0 spiro atoms. The van der Waals surface area contributed by atoms with Crippen molar-refractivity contribution in [1.29, 1.82) is 0 Å². The number of hydrogen-bond acceptors (Lipinski definition) is 2. The Morgan fingerprint density at radius 1 is 1.19 bits per heavy atom. The van der Waals surface area contributed by atoms with E-state index in [1.54, 1.807) is 0 Å². The molecule has 0 radical (unpaired) electrons. The van der Waals surface area contributed by atoms with Gasteiger partial charge in [0.05, 0.1) is 0 Å². The van der Waals surface area contributed by atoms with Crippen LogP contribution in [-0.4, -0.2) is 19.6 Å². The molecule has 1 saturated heterocycles. The van der Waals surface area contributed by atoms with E-state index in [0.29, 0.717) is 6.04 Å². The van der Waals surface area contributed by atoms with Crippen molar-refractivity contribution in [2.45, 2.75) is 53.0 Å². The molecular formula is C19H32N2. The smallest absolute Gasteiger partial charge is 0.0366 e. The van der Waals surface area contributed by atoms with Crippen molar-refractivity contribution in [3.8, 4) is 0 Å². The minimum Gasteiger partial charge on any atom is -0.371 e. The molecule has 1 heterocycles. The second-order valence-electron chi connectivity index (χ2n) is 6.75. The van der Waals surface area contributed by atoms with Gasteiger partial charge in [0.25, 0.3) is 0 Å². The van der Waals surface area contributed by atoms with Crippen molar-refractivity contribution in [3.05, 3.63) is 29.8 Å². The molecule has 0 aromatic heterocycles. The molecule has 2 unspecified atom stereocenters. The first-order valence-corrected chi connectivity index (χ1v) is 8.74. The van der Waals surface area contributed by atoms with Gasteiger partial charge in [-0.15, -0.1) is 0 Å². The van der Waals surface area contributed by atoms with Crippen molar-refractivity contribution in [1.82, 2.24) is 5.32 Å². The maximum Gasteiger partial charge on any atom is 0.0366 e. The summed E-state index contributed by atoms with van der Waals surface area (Å²) in [4.78, 5) is 2.55. The second-order valence-corrected chi connectivity index (χ2v) is 6.75. The molecule has 1 fully saturated rings. The van der Waals surface area contributed by atoms with Crippen LogP contribution in [-0.2, 0) is 0 Å². The summed E-state index contributed by atoms with van der Waals surface area (Å²) in [5.74, 6) is 1.66. The van der Waals surface area contributed by atoms with Crippen LogP contribution in [0.5, 0.6) is 0 Å². The van der Waals surface area contributed by atoms with E-state index in [0.717, 1.165) is 24.8 Å². The minimum atomic E-state index is 0.501. The molecular weight excluding hydrogens is 256 g/mol. The van der Waals surface area contributed by atoms with E-state index in [1.165, 1.54) is 37.2 Å². The van der Waals surface area contributed by atoms with Crippen LogP contribution in [0.3, 0.4) is 0 Å². The maximum absolute atomic E-state index is 3.63. The lowest BCUT2D eigenvalue weighted by Gasteiger charge is -2.22. The summed E-state index contributed by atoms with van der Waals surface area (Å²) in [7, 11) is 0. The van der Waals surface area contributed by atoms with Gasteiger partial charge < -0.3 is 10.2 Å². The highest BCUT2D eigenvalue weighted by Gasteiger charge is 2.24. The van der Waals surface area contributed by atoms with Crippen LogP contribution in [0.2, 0.25) is 0 Å². The predicted molar refractivity (Wildman–Crippen MR) is 92.9 cm³/mol. The Morgan fingerprint density at radius 3 is 2.43 bits per heavy atom. The van der Waals surface area contributed by atoms with Gasteiger partial charge >= 0.3 is 0 Å². The lowest BCUT2D eigenvalue weighted by atomic mass is 9.95. The molecule has 2 nitrogen and oxygen atoms in total. The van der Waals surface area contributed by atoms with Crippen molar-refractivity contribution < 1.29 is 0 Å². The zero-order chi connectivity index (χ0) is 15.2. The van der Waals surface area contributed by atoms with E-state index in [4.69, 9.17) is 0 Å². The third-order valence-corrected chi connectivity index (χ3v) is 4.88. The molecule has 1 aromatic rings. The summed E-state index contributed by atoms with van der Waals surface area (Å²) in [6.07, 6.45) is 3.69. The summed E-state index contributed by atoms with van der Waals surface area (Å²) in [5, 5.41) is 3.63. The lowest BCUT2D eigenvalue weighted by Crippen LogP contribution is -2.22. The van der Waals surface area contributed by atoms with E-state index in [2.05, 4.69) is 62.2 Å². The molecule has 2 heteroatoms. The molecule has 1 N–H and O–H groups in total. The van der Waals surface area contributed by atoms with Gasteiger partial charge in [0.1, 0.15) is 0 Å². The monoisotopic (exact) mass is 288 g/mol. The molecule has 2 atom stereocenters. The van der Waals surface area contributed by atoms with Gasteiger partial charge in [0.2, 0.25) is 0 Å². The fourth-order valence-electron chi connectivity index (χ4n) is 3.30. The Kier molecular flexibility index (Phi) is 6.10. The van der Waals surface area contributed by atoms with E-state index < -0.39 is 0 Å². The number of benzene rings is 1. The van der Waals surface area contributed by atoms with E-state index in [-0.39, 0.29) is 0 Å². The summed E-state index contributed by atoms with van der Waals surface area (Å²) in [5.41, 5.74) is 2.82. The second kappa shape index (κ2) is 7.84. The quantitative estimate of drug-likeness (QED) is 0.787. The molecule has 1 aromatic carbocycles. The summed E-state index contributed by atoms with van der Waals surface area (Å²) in [6.45, 7) is 12.7. The zero-order valence-electron chi connectivity index (χ0n) is 14.2. The van der Waals surface area contributed by atoms with Crippen LogP contribution < -0.4 is 10.2 Å². The Hall–Kier alpha value is -1.02. The predicted octanol–water partition coefficient (Wildman–Crippen LogP) is 4.62. The largest absolute Gasteiger partial charge is 0.371 e. The van der Waals surface area contributed by atoms with E-state index in [9.17, 15) is 0 Å². The van der Waals surface area contributed by atoms with Gasteiger partial charge in [-0.25, -0.2) is 0 Å². The average molecular weight is 288 g/mol. The normalized spacial score (nSPS) is 20.2. The number of anilines is 1. The Morgan fingerprint density at radius 2 is 1.90 bits per heavy atom. The molecule has 118 valence electrons. The first kappa shape index (κ1) is 16.4. The topological polar surface area (TPSA) is 15.3 Å². The summed E-state index contributed by atoms with van der Waals surface area (Å²) in [6, 6.07) is 9.76. The highest BCUT2D eigenvalue weighted by molar-refractivity contribution is 5.49. The Labute approximate surface area is 130 Å². The molecule has 0 saturated carbocycles. The maximum atomic E-state index is 3.63. The van der Waals surface area contributed by atoms with Gasteiger partial charge in [0, 0.05) is 24.8 Å². The standard InChI is InChI=1S/C19H32N2/c1-5-12-20-19(6-2)16-7-9-18(10-8-16)21-13-11-17(14-21)15(3)4/h7-10,15,17,19-20H,5-6,11-14H2,1-4H3. The van der Waals surface area contributed by atoms with Gasteiger partial charge in [-0.05, 0) is 55.3 Å². The first-order valence-electron chi connectivity index (χ1n) is 8.74. The van der Waals surface area contributed by atoms with Gasteiger partial charge in [0.15, 0.2) is 0 Å². The van der Waals surface area contributed by atoms with Gasteiger partial charge in [-0.3, -0.25) is 0 Å². The zero-order valence-corrected chi connectivity index (χ0v) is 14.2. The van der Waals surface area contributed by atoms with Crippen molar-refractivity contribution in [2.24, 2.45) is 11.8 Å². The third kappa shape index (κ3) is 4.23. The SMILES string of the molecule is CCCNC(CC)c1ccc(N2CCC(C(C)C)C2)cc1. The van der Waals surface area contributed by atoms with Crippen LogP contribution in [0.1, 0.15) is 58.6 Å². The Bertz CT molecular complexity index is 410. The highest BCUT2D eigenvalue weighted by Crippen LogP contribution is 2.29. The van der Waals surface area contributed by atoms with E-state index in [1.807, 2.05) is 0 Å². The number of nitrogens with zero attached hydrogens (tertiary/aromatic N) is 1. The molecule has 21 heavy (non-hydrogen) atoms. The van der Waals surface area contributed by atoms with Crippen LogP contribution in [0.25, 0.3) is 0 Å². The fourth-order valence-corrected chi connectivity index (χ4v) is 3.30. The Balaban J connectivity index is 1.98. The number of nitrogens with one attached hydrogen (secondary N) is 1. The van der Waals surface area contributed by atoms with Crippen LogP contribution in [0.15, 0.2) is 24.3 Å². The third-order valence-electron chi connectivity index (χ3n) is 4.88. The lowest BCUT2D eigenvalue weighted by molar-refractivity contribution is 0.423. The van der Waals surface area contributed by atoms with Crippen molar-refractivity contribution >= 4 is 5.69 Å². The van der Waals surface area contributed by atoms with Crippen molar-refractivity contribution in [3.63, 3.8) is 0 Å². The average Bonchev–Trinajstić information content (AvgIpc) is 2.99. The molecule has 0 amide bonds. The number of hydrogen-bond donors (Lipinski definition) is 1. The molecule has 0 aliphatic carbocycles. The van der Waals surface area contributed by atoms with E-state index >= 15 is 0 Å². The molecule has 2 rings (SSSR count). The summed E-state index contributed by atoms with van der Waals surface area (Å²) < 4.78 is 0. The molecule has 0 bridgehead atoms. The minimum absolute atomic E-state index is 0.501. The molecule has 1 aliphatic rings. The highest BCUT2D eigenvalue weighted by atomic mass is 15.1.